The lowest BCUT2D eigenvalue weighted by atomic mass is 9.87. The van der Waals surface area contributed by atoms with Gasteiger partial charge in [-0.25, -0.2) is 9.97 Å². The van der Waals surface area contributed by atoms with Crippen LogP contribution < -0.4 is 4.74 Å². The molecule has 2 aliphatic rings. The van der Waals surface area contributed by atoms with E-state index in [4.69, 9.17) is 4.74 Å². The minimum Gasteiger partial charge on any atom is -0.460 e. The number of benzene rings is 1. The van der Waals surface area contributed by atoms with Crippen molar-refractivity contribution >= 4 is 10.9 Å². The molecule has 2 saturated heterocycles. The summed E-state index contributed by atoms with van der Waals surface area (Å²) in [5, 5.41) is 1.20. The smallest absolute Gasteiger partial charge is 0.316 e. The predicted molar refractivity (Wildman–Crippen MR) is 97.5 cm³/mol. The third-order valence-corrected chi connectivity index (χ3v) is 5.57. The molecule has 0 amide bonds. The molecule has 3 atom stereocenters. The van der Waals surface area contributed by atoms with E-state index < -0.39 is 0 Å². The van der Waals surface area contributed by atoms with Gasteiger partial charge in [-0.1, -0.05) is 6.07 Å². The average Bonchev–Trinajstić information content (AvgIpc) is 3.13. The van der Waals surface area contributed by atoms with Crippen molar-refractivity contribution in [1.82, 2.24) is 19.9 Å². The first-order chi connectivity index (χ1) is 12.3. The summed E-state index contributed by atoms with van der Waals surface area (Å²) in [5.74, 6) is 0.627. The number of aromatic amines is 1. The molecular weight excluding hydrogens is 312 g/mol. The third kappa shape index (κ3) is 2.89. The lowest BCUT2D eigenvalue weighted by Crippen LogP contribution is -2.49. The first-order valence-electron chi connectivity index (χ1n) is 9.14. The van der Waals surface area contributed by atoms with E-state index >= 15 is 0 Å². The zero-order valence-electron chi connectivity index (χ0n) is 14.2. The van der Waals surface area contributed by atoms with Crippen molar-refractivity contribution in [2.24, 2.45) is 5.92 Å². The van der Waals surface area contributed by atoms with Gasteiger partial charge in [0.15, 0.2) is 0 Å². The Bertz CT molecular complexity index is 873. The van der Waals surface area contributed by atoms with Crippen LogP contribution in [0.4, 0.5) is 0 Å². The Labute approximate surface area is 147 Å². The van der Waals surface area contributed by atoms with E-state index in [9.17, 15) is 0 Å². The number of nitrogens with zero attached hydrogens (tertiary/aromatic N) is 3. The highest BCUT2D eigenvalue weighted by Gasteiger charge is 2.33. The van der Waals surface area contributed by atoms with Gasteiger partial charge < -0.3 is 14.6 Å². The molecule has 2 unspecified atom stereocenters. The zero-order chi connectivity index (χ0) is 16.6. The number of ether oxygens (including phenoxy) is 1. The van der Waals surface area contributed by atoms with Crippen LogP contribution >= 0.6 is 0 Å². The van der Waals surface area contributed by atoms with Gasteiger partial charge in [0.05, 0.1) is 0 Å². The third-order valence-electron chi connectivity index (χ3n) is 5.57. The van der Waals surface area contributed by atoms with Crippen molar-refractivity contribution < 1.29 is 4.74 Å². The summed E-state index contributed by atoms with van der Waals surface area (Å²) in [6.45, 7) is 3.55. The van der Waals surface area contributed by atoms with Gasteiger partial charge in [0, 0.05) is 48.7 Å². The molecule has 2 aliphatic heterocycles. The molecule has 0 radical (unpaired) electrons. The lowest BCUT2D eigenvalue weighted by Gasteiger charge is -2.41. The van der Waals surface area contributed by atoms with E-state index in [1.807, 2.05) is 18.6 Å². The molecule has 1 aromatic carbocycles. The first-order valence-corrected chi connectivity index (χ1v) is 9.14. The molecule has 5 rings (SSSR count). The van der Waals surface area contributed by atoms with Crippen LogP contribution in [0.3, 0.4) is 0 Å². The maximum Gasteiger partial charge on any atom is 0.316 e. The molecule has 2 fully saturated rings. The molecule has 5 heteroatoms. The average molecular weight is 334 g/mol. The second kappa shape index (κ2) is 6.15. The topological polar surface area (TPSA) is 54.0 Å². The van der Waals surface area contributed by atoms with Crippen molar-refractivity contribution in [3.63, 3.8) is 0 Å². The molecule has 128 valence electrons. The van der Waals surface area contributed by atoms with E-state index in [2.05, 4.69) is 44.1 Å². The quantitative estimate of drug-likeness (QED) is 0.797. The van der Waals surface area contributed by atoms with Crippen molar-refractivity contribution in [2.45, 2.75) is 25.4 Å². The van der Waals surface area contributed by atoms with Crippen LogP contribution in [0.25, 0.3) is 22.0 Å². The Morgan fingerprint density at radius 2 is 1.96 bits per heavy atom. The number of H-pyrrole nitrogens is 1. The minimum absolute atomic E-state index is 0.263. The number of aromatic nitrogens is 3. The lowest BCUT2D eigenvalue weighted by molar-refractivity contribution is 0.0103. The maximum absolute atomic E-state index is 6.14. The SMILES string of the molecule is c1cc2cc(-c3cnc(OC4CCN5CCC[C@@H]4C5)nc3)ccc2[nH]1. The van der Waals surface area contributed by atoms with Gasteiger partial charge in [0.25, 0.3) is 0 Å². The van der Waals surface area contributed by atoms with Gasteiger partial charge in [0.2, 0.25) is 0 Å². The second-order valence-electron chi connectivity index (χ2n) is 7.18. The fraction of sp³-hybridized carbons (Fsp3) is 0.400. The number of fused-ring (bicyclic) bond motifs is 3. The number of hydrogen-bond acceptors (Lipinski definition) is 4. The van der Waals surface area contributed by atoms with Crippen LogP contribution in [-0.2, 0) is 0 Å². The minimum atomic E-state index is 0.263. The van der Waals surface area contributed by atoms with Gasteiger partial charge in [-0.05, 0) is 55.0 Å². The normalized spacial score (nSPS) is 25.8. The Morgan fingerprint density at radius 1 is 1.04 bits per heavy atom. The van der Waals surface area contributed by atoms with Gasteiger partial charge in [-0.2, -0.15) is 0 Å². The molecule has 2 bridgehead atoms. The van der Waals surface area contributed by atoms with Crippen molar-refractivity contribution in [3.8, 4) is 17.1 Å². The van der Waals surface area contributed by atoms with E-state index in [0.717, 1.165) is 29.6 Å². The summed E-state index contributed by atoms with van der Waals surface area (Å²) < 4.78 is 6.14. The number of nitrogens with one attached hydrogen (secondary N) is 1. The van der Waals surface area contributed by atoms with Crippen molar-refractivity contribution in [2.75, 3.05) is 19.6 Å². The maximum atomic E-state index is 6.14. The predicted octanol–water partition coefficient (Wildman–Crippen LogP) is 3.49. The summed E-state index contributed by atoms with van der Waals surface area (Å²) in [4.78, 5) is 14.7. The second-order valence-corrected chi connectivity index (χ2v) is 7.18. The Hall–Kier alpha value is -2.40. The highest BCUT2D eigenvalue weighted by molar-refractivity contribution is 5.84. The van der Waals surface area contributed by atoms with E-state index in [1.165, 1.54) is 31.3 Å². The summed E-state index contributed by atoms with van der Waals surface area (Å²) in [6.07, 6.45) is 9.58. The molecule has 0 saturated carbocycles. The van der Waals surface area contributed by atoms with Crippen LogP contribution in [0.15, 0.2) is 42.9 Å². The van der Waals surface area contributed by atoms with Gasteiger partial charge >= 0.3 is 6.01 Å². The van der Waals surface area contributed by atoms with Crippen molar-refractivity contribution in [1.29, 1.82) is 0 Å². The molecule has 25 heavy (non-hydrogen) atoms. The number of piperidine rings is 2. The standard InChI is InChI=1S/C20H22N4O/c1-2-16-13-24(8-1)9-6-19(16)25-20-22-11-17(12-23-20)14-3-4-18-15(10-14)5-7-21-18/h3-5,7,10-12,16,19,21H,1-2,6,8-9,13H2/t16-,19?/m1/s1. The van der Waals surface area contributed by atoms with Gasteiger partial charge in [0.1, 0.15) is 6.10 Å². The van der Waals surface area contributed by atoms with Crippen molar-refractivity contribution in [3.05, 3.63) is 42.9 Å². The zero-order valence-corrected chi connectivity index (χ0v) is 14.2. The first kappa shape index (κ1) is 14.9. The van der Waals surface area contributed by atoms with E-state index in [1.54, 1.807) is 0 Å². The Balaban J connectivity index is 1.32. The molecular formula is C20H22N4O. The summed E-state index contributed by atoms with van der Waals surface area (Å²) in [7, 11) is 0. The highest BCUT2D eigenvalue weighted by atomic mass is 16.5. The van der Waals surface area contributed by atoms with Crippen LogP contribution in [0.2, 0.25) is 0 Å². The van der Waals surface area contributed by atoms with E-state index in [-0.39, 0.29) is 6.10 Å². The van der Waals surface area contributed by atoms with Crippen LogP contribution in [0.5, 0.6) is 6.01 Å². The number of hydrogen-bond donors (Lipinski definition) is 1. The Morgan fingerprint density at radius 3 is 2.88 bits per heavy atom. The Kier molecular flexibility index (Phi) is 3.67. The number of rotatable bonds is 3. The molecule has 4 heterocycles. The van der Waals surface area contributed by atoms with Gasteiger partial charge in [-0.15, -0.1) is 0 Å². The molecule has 0 spiro atoms. The molecule has 2 aromatic heterocycles. The molecule has 5 nitrogen and oxygen atoms in total. The fourth-order valence-corrected chi connectivity index (χ4v) is 4.19. The highest BCUT2D eigenvalue weighted by Crippen LogP contribution is 2.29. The van der Waals surface area contributed by atoms with Gasteiger partial charge in [-0.3, -0.25) is 0 Å². The summed E-state index contributed by atoms with van der Waals surface area (Å²) in [6, 6.07) is 8.92. The molecule has 0 aliphatic carbocycles. The molecule has 1 N–H and O–H groups in total. The molecule has 3 aromatic rings. The monoisotopic (exact) mass is 334 g/mol. The largest absolute Gasteiger partial charge is 0.460 e. The fourth-order valence-electron chi connectivity index (χ4n) is 4.19. The summed E-state index contributed by atoms with van der Waals surface area (Å²) >= 11 is 0. The van der Waals surface area contributed by atoms with Crippen LogP contribution in [0, 0.1) is 5.92 Å². The van der Waals surface area contributed by atoms with Crippen LogP contribution in [-0.4, -0.2) is 45.6 Å². The van der Waals surface area contributed by atoms with E-state index in [0.29, 0.717) is 11.9 Å². The van der Waals surface area contributed by atoms with Crippen LogP contribution in [0.1, 0.15) is 19.3 Å². The summed E-state index contributed by atoms with van der Waals surface area (Å²) in [5.41, 5.74) is 3.28.